The number of nitrogens with one attached hydrogen (secondary N) is 1. The maximum absolute atomic E-state index is 5.97. The average Bonchev–Trinajstić information content (AvgIpc) is 2.94. The topological polar surface area (TPSA) is 67.7 Å². The molecule has 24 heavy (non-hydrogen) atoms. The van der Waals surface area contributed by atoms with Gasteiger partial charge in [-0.15, -0.1) is 24.0 Å². The Hall–Kier alpha value is -2.09. The summed E-state index contributed by atoms with van der Waals surface area (Å²) >= 11 is 0. The van der Waals surface area contributed by atoms with Gasteiger partial charge in [0.2, 0.25) is 0 Å². The maximum atomic E-state index is 5.97. The zero-order valence-electron chi connectivity index (χ0n) is 14.1. The summed E-state index contributed by atoms with van der Waals surface area (Å²) < 4.78 is 2.05. The molecule has 3 aromatic rings. The predicted molar refractivity (Wildman–Crippen MR) is 110 cm³/mol. The van der Waals surface area contributed by atoms with Crippen LogP contribution in [-0.4, -0.2) is 15.3 Å². The van der Waals surface area contributed by atoms with Crippen molar-refractivity contribution in [1.29, 1.82) is 0 Å². The molecule has 0 bridgehead atoms. The Morgan fingerprint density at radius 3 is 2.67 bits per heavy atom. The van der Waals surface area contributed by atoms with Gasteiger partial charge in [0.1, 0.15) is 5.65 Å². The molecule has 0 radical (unpaired) electrons. The third-order valence-corrected chi connectivity index (χ3v) is 3.94. The zero-order valence-corrected chi connectivity index (χ0v) is 16.4. The van der Waals surface area contributed by atoms with Gasteiger partial charge in [-0.1, -0.05) is 12.1 Å². The van der Waals surface area contributed by atoms with Crippen LogP contribution >= 0.6 is 24.0 Å². The summed E-state index contributed by atoms with van der Waals surface area (Å²) in [5, 5.41) is 3.12. The first-order valence-electron chi connectivity index (χ1n) is 7.61. The molecule has 0 spiro atoms. The summed E-state index contributed by atoms with van der Waals surface area (Å²) in [5.74, 6) is 0.391. The van der Waals surface area contributed by atoms with Gasteiger partial charge in [0, 0.05) is 17.6 Å². The SMILES string of the molecule is Cc1ccc(NC(N)=NCc2cn3c(C)cccc3n2)cc1C.I. The molecule has 0 unspecified atom stereocenters. The van der Waals surface area contributed by atoms with Crippen LogP contribution in [0.4, 0.5) is 5.69 Å². The molecule has 6 heteroatoms. The third-order valence-electron chi connectivity index (χ3n) is 3.94. The molecule has 0 aliphatic rings. The van der Waals surface area contributed by atoms with Gasteiger partial charge >= 0.3 is 0 Å². The van der Waals surface area contributed by atoms with E-state index in [2.05, 4.69) is 58.7 Å². The van der Waals surface area contributed by atoms with Crippen molar-refractivity contribution in [1.82, 2.24) is 9.38 Å². The van der Waals surface area contributed by atoms with Gasteiger partial charge in [-0.25, -0.2) is 9.98 Å². The molecule has 1 aromatic carbocycles. The van der Waals surface area contributed by atoms with Crippen molar-refractivity contribution >= 4 is 41.3 Å². The molecular formula is C18H22IN5. The fraction of sp³-hybridized carbons (Fsp3) is 0.222. The van der Waals surface area contributed by atoms with Crippen LogP contribution in [0, 0.1) is 20.8 Å². The second kappa shape index (κ2) is 7.65. The van der Waals surface area contributed by atoms with Crippen LogP contribution in [0.5, 0.6) is 0 Å². The van der Waals surface area contributed by atoms with E-state index < -0.39 is 0 Å². The van der Waals surface area contributed by atoms with Crippen LogP contribution in [0.2, 0.25) is 0 Å². The van der Waals surface area contributed by atoms with Crippen molar-refractivity contribution in [3.63, 3.8) is 0 Å². The summed E-state index contributed by atoms with van der Waals surface area (Å²) in [6.45, 7) is 6.66. The quantitative estimate of drug-likeness (QED) is 0.374. The minimum atomic E-state index is 0. The number of hydrogen-bond acceptors (Lipinski definition) is 2. The number of imidazole rings is 1. The highest BCUT2D eigenvalue weighted by atomic mass is 127. The van der Waals surface area contributed by atoms with Crippen LogP contribution in [0.15, 0.2) is 47.6 Å². The largest absolute Gasteiger partial charge is 0.370 e. The van der Waals surface area contributed by atoms with Crippen LogP contribution in [0.25, 0.3) is 5.65 Å². The molecule has 5 nitrogen and oxygen atoms in total. The minimum absolute atomic E-state index is 0. The van der Waals surface area contributed by atoms with E-state index in [1.807, 2.05) is 24.4 Å². The number of halogens is 1. The first-order valence-corrected chi connectivity index (χ1v) is 7.61. The number of nitrogens with zero attached hydrogens (tertiary/aromatic N) is 3. The van der Waals surface area contributed by atoms with Crippen molar-refractivity contribution < 1.29 is 0 Å². The van der Waals surface area contributed by atoms with Gasteiger partial charge in [-0.2, -0.15) is 0 Å². The van der Waals surface area contributed by atoms with E-state index in [0.29, 0.717) is 12.5 Å². The summed E-state index contributed by atoms with van der Waals surface area (Å²) in [6.07, 6.45) is 2.00. The number of rotatable bonds is 3. The molecule has 0 aliphatic heterocycles. The summed E-state index contributed by atoms with van der Waals surface area (Å²) in [6, 6.07) is 12.2. The number of guanidine groups is 1. The Kier molecular flexibility index (Phi) is 5.82. The van der Waals surface area contributed by atoms with Crippen LogP contribution in [-0.2, 0) is 6.54 Å². The van der Waals surface area contributed by atoms with E-state index in [-0.39, 0.29) is 24.0 Å². The second-order valence-corrected chi connectivity index (χ2v) is 5.75. The van der Waals surface area contributed by atoms with Crippen molar-refractivity contribution in [2.75, 3.05) is 5.32 Å². The first kappa shape index (κ1) is 18.3. The molecule has 0 saturated heterocycles. The summed E-state index contributed by atoms with van der Waals surface area (Å²) in [7, 11) is 0. The average molecular weight is 435 g/mol. The Balaban J connectivity index is 0.00000208. The number of anilines is 1. The Morgan fingerprint density at radius 2 is 1.96 bits per heavy atom. The Labute approximate surface area is 159 Å². The van der Waals surface area contributed by atoms with E-state index in [1.54, 1.807) is 0 Å². The first-order chi connectivity index (χ1) is 11.0. The second-order valence-electron chi connectivity index (χ2n) is 5.75. The molecule has 3 N–H and O–H groups in total. The van der Waals surface area contributed by atoms with Gasteiger partial charge in [0.25, 0.3) is 0 Å². The standard InChI is InChI=1S/C18H21N5.HI/c1-12-7-8-15(9-13(12)2)22-18(19)20-10-16-11-23-14(3)5-4-6-17(23)21-16;/h4-9,11H,10H2,1-3H3,(H3,19,20,22);1H. The predicted octanol–water partition coefficient (Wildman–Crippen LogP) is 3.80. The number of nitrogens with two attached hydrogens (primary N) is 1. The normalized spacial score (nSPS) is 11.4. The highest BCUT2D eigenvalue weighted by Gasteiger charge is 2.03. The number of benzene rings is 1. The zero-order chi connectivity index (χ0) is 16.4. The molecule has 0 aliphatic carbocycles. The molecule has 0 atom stereocenters. The highest BCUT2D eigenvalue weighted by molar-refractivity contribution is 14.0. The fourth-order valence-electron chi connectivity index (χ4n) is 2.45. The Morgan fingerprint density at radius 1 is 1.17 bits per heavy atom. The monoisotopic (exact) mass is 435 g/mol. The van der Waals surface area contributed by atoms with Crippen molar-refractivity contribution in [3.8, 4) is 0 Å². The lowest BCUT2D eigenvalue weighted by Crippen LogP contribution is -2.22. The van der Waals surface area contributed by atoms with Gasteiger partial charge in [-0.05, 0) is 56.2 Å². The molecule has 0 fully saturated rings. The molecule has 0 saturated carbocycles. The summed E-state index contributed by atoms with van der Waals surface area (Å²) in [4.78, 5) is 8.93. The number of aryl methyl sites for hydroxylation is 3. The van der Waals surface area contributed by atoms with E-state index in [4.69, 9.17) is 5.73 Å². The number of hydrogen-bond donors (Lipinski definition) is 2. The van der Waals surface area contributed by atoms with Crippen molar-refractivity contribution in [3.05, 3.63) is 65.1 Å². The van der Waals surface area contributed by atoms with Gasteiger partial charge in [0.15, 0.2) is 5.96 Å². The van der Waals surface area contributed by atoms with E-state index in [0.717, 1.165) is 22.7 Å². The minimum Gasteiger partial charge on any atom is -0.370 e. The van der Waals surface area contributed by atoms with Crippen LogP contribution in [0.1, 0.15) is 22.5 Å². The highest BCUT2D eigenvalue weighted by Crippen LogP contribution is 2.14. The summed E-state index contributed by atoms with van der Waals surface area (Å²) in [5.41, 5.74) is 12.4. The molecule has 126 valence electrons. The van der Waals surface area contributed by atoms with Crippen molar-refractivity contribution in [2.45, 2.75) is 27.3 Å². The van der Waals surface area contributed by atoms with E-state index >= 15 is 0 Å². The van der Waals surface area contributed by atoms with Gasteiger partial charge in [0.05, 0.1) is 12.2 Å². The smallest absolute Gasteiger partial charge is 0.193 e. The van der Waals surface area contributed by atoms with Gasteiger partial charge < -0.3 is 15.5 Å². The van der Waals surface area contributed by atoms with Crippen LogP contribution < -0.4 is 11.1 Å². The molecule has 2 heterocycles. The number of fused-ring (bicyclic) bond motifs is 1. The van der Waals surface area contributed by atoms with Crippen LogP contribution in [0.3, 0.4) is 0 Å². The van der Waals surface area contributed by atoms with Gasteiger partial charge in [-0.3, -0.25) is 0 Å². The number of aromatic nitrogens is 2. The molecule has 2 aromatic heterocycles. The number of aliphatic imine (C=N–C) groups is 1. The van der Waals surface area contributed by atoms with E-state index in [9.17, 15) is 0 Å². The fourth-order valence-corrected chi connectivity index (χ4v) is 2.45. The van der Waals surface area contributed by atoms with Crippen molar-refractivity contribution in [2.24, 2.45) is 10.7 Å². The van der Waals surface area contributed by atoms with E-state index in [1.165, 1.54) is 11.1 Å². The lowest BCUT2D eigenvalue weighted by Gasteiger charge is -2.07. The lowest BCUT2D eigenvalue weighted by atomic mass is 10.1. The third kappa shape index (κ3) is 4.05. The number of pyridine rings is 1. The Bertz CT molecular complexity index is 882. The maximum Gasteiger partial charge on any atom is 0.193 e. The molecular weight excluding hydrogens is 413 g/mol. The lowest BCUT2D eigenvalue weighted by molar-refractivity contribution is 1.00. The molecule has 0 amide bonds. The molecule has 3 rings (SSSR count).